The average molecular weight is 396 g/mol. The van der Waals surface area contributed by atoms with E-state index in [4.69, 9.17) is 0 Å². The van der Waals surface area contributed by atoms with Crippen molar-refractivity contribution in [2.75, 3.05) is 26.2 Å². The molecule has 1 aliphatic rings. The van der Waals surface area contributed by atoms with Crippen LogP contribution < -0.4 is 11.2 Å². The van der Waals surface area contributed by atoms with Gasteiger partial charge in [-0.3, -0.25) is 23.7 Å². The Labute approximate surface area is 160 Å². The maximum Gasteiger partial charge on any atom is 0.416 e. The van der Waals surface area contributed by atoms with Crippen molar-refractivity contribution in [1.29, 1.82) is 0 Å². The van der Waals surface area contributed by atoms with Crippen molar-refractivity contribution >= 4 is 0 Å². The fourth-order valence-corrected chi connectivity index (χ4v) is 3.37. The first-order valence-electron chi connectivity index (χ1n) is 9.02. The second-order valence-corrected chi connectivity index (χ2v) is 7.12. The van der Waals surface area contributed by atoms with Crippen molar-refractivity contribution in [2.24, 2.45) is 14.1 Å². The Morgan fingerprint density at radius 1 is 0.893 bits per heavy atom. The molecular formula is C19H23F3N4O2. The van der Waals surface area contributed by atoms with Crippen LogP contribution in [-0.4, -0.2) is 45.1 Å². The van der Waals surface area contributed by atoms with Crippen molar-refractivity contribution < 1.29 is 13.2 Å². The summed E-state index contributed by atoms with van der Waals surface area (Å²) in [6.45, 7) is 3.77. The maximum absolute atomic E-state index is 12.9. The fourth-order valence-electron chi connectivity index (χ4n) is 3.37. The number of hydrogen-bond donors (Lipinski definition) is 0. The average Bonchev–Trinajstić information content (AvgIpc) is 2.65. The molecule has 28 heavy (non-hydrogen) atoms. The summed E-state index contributed by atoms with van der Waals surface area (Å²) >= 11 is 0. The Balaban J connectivity index is 1.60. The van der Waals surface area contributed by atoms with Gasteiger partial charge in [-0.05, 0) is 11.6 Å². The zero-order valence-electron chi connectivity index (χ0n) is 15.9. The van der Waals surface area contributed by atoms with Crippen LogP contribution in [0.5, 0.6) is 0 Å². The second-order valence-electron chi connectivity index (χ2n) is 7.12. The van der Waals surface area contributed by atoms with Crippen LogP contribution in [0.2, 0.25) is 0 Å². The molecule has 1 aromatic carbocycles. The van der Waals surface area contributed by atoms with Crippen LogP contribution in [0.25, 0.3) is 0 Å². The van der Waals surface area contributed by atoms with E-state index in [1.165, 1.54) is 29.8 Å². The van der Waals surface area contributed by atoms with Crippen LogP contribution in [0.4, 0.5) is 13.2 Å². The molecule has 0 atom stereocenters. The summed E-state index contributed by atoms with van der Waals surface area (Å²) < 4.78 is 41.1. The van der Waals surface area contributed by atoms with E-state index < -0.39 is 11.7 Å². The van der Waals surface area contributed by atoms with E-state index in [0.29, 0.717) is 50.5 Å². The molecule has 0 bridgehead atoms. The first-order chi connectivity index (χ1) is 13.1. The van der Waals surface area contributed by atoms with Gasteiger partial charge in [0.05, 0.1) is 5.56 Å². The van der Waals surface area contributed by atoms with Gasteiger partial charge in [0.25, 0.3) is 5.56 Å². The van der Waals surface area contributed by atoms with Gasteiger partial charge in [-0.15, -0.1) is 0 Å². The van der Waals surface area contributed by atoms with E-state index in [1.54, 1.807) is 13.1 Å². The van der Waals surface area contributed by atoms with Crippen LogP contribution >= 0.6 is 0 Å². The van der Waals surface area contributed by atoms with Crippen molar-refractivity contribution in [3.8, 4) is 0 Å². The number of piperazine rings is 1. The minimum atomic E-state index is -4.34. The minimum Gasteiger partial charge on any atom is -0.299 e. The number of rotatable bonds is 4. The predicted molar refractivity (Wildman–Crippen MR) is 98.9 cm³/mol. The highest BCUT2D eigenvalue weighted by Gasteiger charge is 2.30. The van der Waals surface area contributed by atoms with Gasteiger partial charge in [0.1, 0.15) is 0 Å². The molecule has 9 heteroatoms. The highest BCUT2D eigenvalue weighted by Crippen LogP contribution is 2.29. The summed E-state index contributed by atoms with van der Waals surface area (Å²) in [5.74, 6) is 0. The molecule has 6 nitrogen and oxygen atoms in total. The van der Waals surface area contributed by atoms with Crippen LogP contribution in [0.15, 0.2) is 39.9 Å². The number of hydrogen-bond acceptors (Lipinski definition) is 4. The molecule has 1 aromatic heterocycles. The summed E-state index contributed by atoms with van der Waals surface area (Å²) in [6, 6.07) is 6.89. The van der Waals surface area contributed by atoms with E-state index in [2.05, 4.69) is 9.80 Å². The topological polar surface area (TPSA) is 50.5 Å². The van der Waals surface area contributed by atoms with Gasteiger partial charge < -0.3 is 0 Å². The molecule has 0 radical (unpaired) electrons. The van der Waals surface area contributed by atoms with Crippen molar-refractivity contribution in [3.05, 3.63) is 68.0 Å². The van der Waals surface area contributed by atoms with Gasteiger partial charge in [0, 0.05) is 65.1 Å². The van der Waals surface area contributed by atoms with Gasteiger partial charge in [-0.2, -0.15) is 13.2 Å². The molecule has 0 unspecified atom stereocenters. The van der Waals surface area contributed by atoms with Crippen LogP contribution in [0.3, 0.4) is 0 Å². The predicted octanol–water partition coefficient (Wildman–Crippen LogP) is 1.42. The van der Waals surface area contributed by atoms with Crippen molar-refractivity contribution in [1.82, 2.24) is 18.9 Å². The van der Waals surface area contributed by atoms with Crippen LogP contribution in [-0.2, 0) is 33.4 Å². The molecule has 0 spiro atoms. The minimum absolute atomic E-state index is 0.332. The standard InChI is InChI=1S/C19H23F3N4O2/c1-23-16(11-17(27)24(2)18(23)28)13-26-8-6-25(7-9-26)12-14-4-3-5-15(10-14)19(20,21)22/h3-5,10-11H,6-9,12-13H2,1-2H3. The fraction of sp³-hybridized carbons (Fsp3) is 0.474. The lowest BCUT2D eigenvalue weighted by molar-refractivity contribution is -0.137. The Hall–Kier alpha value is -2.39. The van der Waals surface area contributed by atoms with Gasteiger partial charge >= 0.3 is 11.9 Å². The summed E-state index contributed by atoms with van der Waals surface area (Å²) in [7, 11) is 3.09. The molecule has 1 fully saturated rings. The van der Waals surface area contributed by atoms with Gasteiger partial charge in [0.15, 0.2) is 0 Å². The maximum atomic E-state index is 12.9. The SMILES string of the molecule is Cn1c(CN2CCN(Cc3cccc(C(F)(F)F)c3)CC2)cc(=O)n(C)c1=O. The molecule has 3 rings (SSSR count). The smallest absolute Gasteiger partial charge is 0.299 e. The lowest BCUT2D eigenvalue weighted by atomic mass is 10.1. The summed E-state index contributed by atoms with van der Waals surface area (Å²) in [4.78, 5) is 28.1. The third-order valence-electron chi connectivity index (χ3n) is 5.14. The molecule has 0 aliphatic carbocycles. The zero-order valence-corrected chi connectivity index (χ0v) is 15.9. The Kier molecular flexibility index (Phi) is 5.76. The van der Waals surface area contributed by atoms with Crippen molar-refractivity contribution in [3.63, 3.8) is 0 Å². The van der Waals surface area contributed by atoms with E-state index >= 15 is 0 Å². The molecule has 0 amide bonds. The largest absolute Gasteiger partial charge is 0.416 e. The number of nitrogens with zero attached hydrogens (tertiary/aromatic N) is 4. The molecule has 1 saturated heterocycles. The first-order valence-corrected chi connectivity index (χ1v) is 9.02. The van der Waals surface area contributed by atoms with Gasteiger partial charge in [0.2, 0.25) is 0 Å². The summed E-state index contributed by atoms with van der Waals surface area (Å²) in [5.41, 5.74) is -0.0289. The first kappa shape index (κ1) is 20.3. The van der Waals surface area contributed by atoms with E-state index in [1.807, 2.05) is 0 Å². The number of aromatic nitrogens is 2. The zero-order chi connectivity index (χ0) is 20.5. The number of halogens is 3. The molecular weight excluding hydrogens is 373 g/mol. The lowest BCUT2D eigenvalue weighted by Crippen LogP contribution is -2.46. The molecule has 0 saturated carbocycles. The monoisotopic (exact) mass is 396 g/mol. The summed E-state index contributed by atoms with van der Waals surface area (Å²) in [5, 5.41) is 0. The van der Waals surface area contributed by atoms with E-state index in [-0.39, 0.29) is 11.2 Å². The third kappa shape index (κ3) is 4.53. The highest BCUT2D eigenvalue weighted by atomic mass is 19.4. The van der Waals surface area contributed by atoms with Crippen LogP contribution in [0.1, 0.15) is 16.8 Å². The number of alkyl halides is 3. The van der Waals surface area contributed by atoms with Gasteiger partial charge in [-0.25, -0.2) is 4.79 Å². The van der Waals surface area contributed by atoms with E-state index in [0.717, 1.165) is 10.6 Å². The van der Waals surface area contributed by atoms with Crippen molar-refractivity contribution in [2.45, 2.75) is 19.3 Å². The quantitative estimate of drug-likeness (QED) is 0.785. The van der Waals surface area contributed by atoms with E-state index in [9.17, 15) is 22.8 Å². The third-order valence-corrected chi connectivity index (χ3v) is 5.14. The lowest BCUT2D eigenvalue weighted by Gasteiger charge is -2.35. The molecule has 2 aromatic rings. The highest BCUT2D eigenvalue weighted by molar-refractivity contribution is 5.25. The normalized spacial score (nSPS) is 16.5. The summed E-state index contributed by atoms with van der Waals surface area (Å²) in [6.07, 6.45) is -4.34. The number of benzene rings is 1. The Morgan fingerprint density at radius 3 is 2.11 bits per heavy atom. The Morgan fingerprint density at radius 2 is 1.50 bits per heavy atom. The second kappa shape index (κ2) is 7.92. The molecule has 152 valence electrons. The molecule has 0 N–H and O–H groups in total. The molecule has 1 aliphatic heterocycles. The Bertz CT molecular complexity index is 957. The van der Waals surface area contributed by atoms with Gasteiger partial charge in [-0.1, -0.05) is 18.2 Å². The van der Waals surface area contributed by atoms with Crippen LogP contribution in [0, 0.1) is 0 Å². The molecule has 2 heterocycles.